The van der Waals surface area contributed by atoms with Gasteiger partial charge in [-0.05, 0) is 51.5 Å². The van der Waals surface area contributed by atoms with Crippen LogP contribution >= 0.6 is 11.6 Å². The second-order valence-corrected chi connectivity index (χ2v) is 5.21. The van der Waals surface area contributed by atoms with Gasteiger partial charge in [-0.15, -0.1) is 6.58 Å². The van der Waals surface area contributed by atoms with Crippen LogP contribution in [-0.2, 0) is 0 Å². The average molecular weight is 283 g/mol. The topological polar surface area (TPSA) is 38.4 Å². The lowest BCUT2D eigenvalue weighted by Crippen LogP contribution is -2.05. The molecule has 0 amide bonds. The first-order valence-corrected chi connectivity index (χ1v) is 7.38. The third kappa shape index (κ3) is 8.66. The monoisotopic (exact) mass is 282 g/mol. The lowest BCUT2D eigenvalue weighted by atomic mass is 10.0. The highest BCUT2D eigenvalue weighted by molar-refractivity contribution is 6.64. The molecule has 0 unspecified atom stereocenters. The molecule has 0 saturated heterocycles. The van der Waals surface area contributed by atoms with Crippen LogP contribution in [0.15, 0.2) is 40.7 Å². The number of hydrogen-bond acceptors (Lipinski definition) is 2. The van der Waals surface area contributed by atoms with Gasteiger partial charge in [-0.2, -0.15) is 0 Å². The van der Waals surface area contributed by atoms with Crippen LogP contribution < -0.4 is 5.73 Å². The molecule has 0 bridgehead atoms. The number of nitrogens with two attached hydrogens (primary N) is 1. The Hall–Kier alpha value is -1.02. The predicted octanol–water partition coefficient (Wildman–Crippen LogP) is 5.31. The minimum absolute atomic E-state index is 0.516. The highest BCUT2D eigenvalue weighted by atomic mass is 35.5. The summed E-state index contributed by atoms with van der Waals surface area (Å²) in [4.78, 5) is 4.23. The molecule has 2 N–H and O–H groups in total. The van der Waals surface area contributed by atoms with Gasteiger partial charge in [0.15, 0.2) is 0 Å². The maximum atomic E-state index is 6.19. The van der Waals surface area contributed by atoms with Crippen LogP contribution in [0.4, 0.5) is 0 Å². The van der Waals surface area contributed by atoms with E-state index < -0.39 is 0 Å². The van der Waals surface area contributed by atoms with Crippen molar-refractivity contribution in [2.45, 2.75) is 59.3 Å². The van der Waals surface area contributed by atoms with Gasteiger partial charge >= 0.3 is 0 Å². The number of unbranched alkanes of at least 4 members (excludes halogenated alkanes) is 3. The molecule has 108 valence electrons. The lowest BCUT2D eigenvalue weighted by molar-refractivity contribution is 0.739. The largest absolute Gasteiger partial charge is 0.397 e. The normalized spacial score (nSPS) is 14.3. The summed E-state index contributed by atoms with van der Waals surface area (Å²) < 4.78 is 0. The van der Waals surface area contributed by atoms with Gasteiger partial charge in [-0.25, -0.2) is 4.99 Å². The van der Waals surface area contributed by atoms with Crippen molar-refractivity contribution in [2.75, 3.05) is 0 Å². The molecular weight excluding hydrogens is 256 g/mol. The van der Waals surface area contributed by atoms with Crippen LogP contribution in [0, 0.1) is 0 Å². The van der Waals surface area contributed by atoms with Crippen molar-refractivity contribution >= 4 is 16.8 Å². The summed E-state index contributed by atoms with van der Waals surface area (Å²) in [6.07, 6.45) is 10.7. The maximum Gasteiger partial charge on any atom is 0.103 e. The molecule has 0 atom stereocenters. The van der Waals surface area contributed by atoms with E-state index in [9.17, 15) is 0 Å². The summed E-state index contributed by atoms with van der Waals surface area (Å²) in [7, 11) is 0. The van der Waals surface area contributed by atoms with Gasteiger partial charge in [0, 0.05) is 0 Å². The molecule has 0 aliphatic rings. The molecule has 2 nitrogen and oxygen atoms in total. The Labute approximate surface area is 123 Å². The Kier molecular flexibility index (Phi) is 10.3. The van der Waals surface area contributed by atoms with E-state index in [0.717, 1.165) is 49.9 Å². The minimum Gasteiger partial charge on any atom is -0.397 e. The quantitative estimate of drug-likeness (QED) is 0.265. The summed E-state index contributed by atoms with van der Waals surface area (Å²) >= 11 is 5.80. The Morgan fingerprint density at radius 2 is 1.95 bits per heavy atom. The number of hydrogen-bond donors (Lipinski definition) is 1. The van der Waals surface area contributed by atoms with E-state index >= 15 is 0 Å². The molecule has 0 aromatic rings. The first-order valence-electron chi connectivity index (χ1n) is 7.00. The number of nitrogens with zero attached hydrogens (tertiary/aromatic N) is 1. The summed E-state index contributed by atoms with van der Waals surface area (Å²) in [5.41, 5.74) is 8.96. The number of aliphatic imine (C=N–C) groups is 1. The van der Waals surface area contributed by atoms with Crippen molar-refractivity contribution in [1.29, 1.82) is 0 Å². The molecule has 0 saturated carbocycles. The van der Waals surface area contributed by atoms with Gasteiger partial charge in [0.2, 0.25) is 0 Å². The van der Waals surface area contributed by atoms with Crippen molar-refractivity contribution in [3.8, 4) is 0 Å². The first kappa shape index (κ1) is 18.0. The van der Waals surface area contributed by atoms with Crippen molar-refractivity contribution in [3.05, 3.63) is 35.7 Å². The zero-order valence-electron chi connectivity index (χ0n) is 12.5. The van der Waals surface area contributed by atoms with Gasteiger partial charge in [-0.3, -0.25) is 0 Å². The van der Waals surface area contributed by atoms with E-state index in [1.807, 2.05) is 13.0 Å². The van der Waals surface area contributed by atoms with Crippen LogP contribution in [0.5, 0.6) is 0 Å². The van der Waals surface area contributed by atoms with Crippen molar-refractivity contribution in [1.82, 2.24) is 0 Å². The van der Waals surface area contributed by atoms with E-state index in [0.29, 0.717) is 5.17 Å². The average Bonchev–Trinajstić information content (AvgIpc) is 2.36. The van der Waals surface area contributed by atoms with Gasteiger partial charge in [0.05, 0.1) is 11.4 Å². The Balaban J connectivity index is 4.83. The zero-order chi connectivity index (χ0) is 14.7. The van der Waals surface area contributed by atoms with Crippen LogP contribution in [0.1, 0.15) is 59.3 Å². The van der Waals surface area contributed by atoms with Gasteiger partial charge in [0.1, 0.15) is 5.17 Å². The molecule has 0 radical (unpaired) electrons. The minimum atomic E-state index is 0.516. The smallest absolute Gasteiger partial charge is 0.103 e. The Bertz CT molecular complexity index is 361. The molecular formula is C16H27ClN2. The fraction of sp³-hybridized carbons (Fsp3) is 0.562. The molecule has 0 heterocycles. The van der Waals surface area contributed by atoms with Crippen molar-refractivity contribution in [3.63, 3.8) is 0 Å². The van der Waals surface area contributed by atoms with Crippen LogP contribution in [0.3, 0.4) is 0 Å². The molecule has 3 heteroatoms. The summed E-state index contributed by atoms with van der Waals surface area (Å²) in [6, 6.07) is 0. The first-order chi connectivity index (χ1) is 9.02. The molecule has 0 fully saturated rings. The van der Waals surface area contributed by atoms with Crippen LogP contribution in [0.25, 0.3) is 0 Å². The molecule has 0 aliphatic carbocycles. The van der Waals surface area contributed by atoms with Crippen LogP contribution in [0.2, 0.25) is 0 Å². The molecule has 0 aromatic carbocycles. The summed E-state index contributed by atoms with van der Waals surface area (Å²) in [5.74, 6) is 0. The molecule has 0 rings (SSSR count). The van der Waals surface area contributed by atoms with E-state index in [1.54, 1.807) is 6.92 Å². The van der Waals surface area contributed by atoms with E-state index in [-0.39, 0.29) is 0 Å². The maximum absolute atomic E-state index is 6.19. The third-order valence-electron chi connectivity index (χ3n) is 2.84. The zero-order valence-corrected chi connectivity index (χ0v) is 13.3. The van der Waals surface area contributed by atoms with E-state index in [1.165, 1.54) is 5.57 Å². The number of rotatable bonds is 9. The SMILES string of the molecule is C=CCCCCC(=C\CCC)/C(N)=C(/C)N=C(C)Cl. The van der Waals surface area contributed by atoms with Crippen molar-refractivity contribution in [2.24, 2.45) is 10.7 Å². The van der Waals surface area contributed by atoms with Gasteiger partial charge < -0.3 is 5.73 Å². The number of allylic oxidation sites excluding steroid dienone is 4. The standard InChI is InChI=1S/C16H27ClN2/c1-5-7-9-10-12-15(11-8-6-2)16(18)13(3)19-14(4)17/h5,11H,1,6-10,12,18H2,2-4H3/b15-11+,16-13+,19-14?. The highest BCUT2D eigenvalue weighted by Crippen LogP contribution is 2.19. The van der Waals surface area contributed by atoms with Gasteiger partial charge in [0.25, 0.3) is 0 Å². The molecule has 0 spiro atoms. The highest BCUT2D eigenvalue weighted by Gasteiger charge is 2.05. The second-order valence-electron chi connectivity index (χ2n) is 4.66. The fourth-order valence-electron chi connectivity index (χ4n) is 1.79. The Morgan fingerprint density at radius 1 is 1.26 bits per heavy atom. The van der Waals surface area contributed by atoms with E-state index in [2.05, 4.69) is 24.6 Å². The lowest BCUT2D eigenvalue weighted by Gasteiger charge is -2.10. The Morgan fingerprint density at radius 3 is 2.47 bits per heavy atom. The number of halogens is 1. The second kappa shape index (κ2) is 10.9. The predicted molar refractivity (Wildman–Crippen MR) is 87.5 cm³/mol. The molecule has 0 aromatic heterocycles. The van der Waals surface area contributed by atoms with Gasteiger partial charge in [-0.1, -0.05) is 37.1 Å². The summed E-state index contributed by atoms with van der Waals surface area (Å²) in [6.45, 7) is 9.58. The summed E-state index contributed by atoms with van der Waals surface area (Å²) in [5, 5.41) is 0.516. The third-order valence-corrected chi connectivity index (χ3v) is 2.93. The molecule has 19 heavy (non-hydrogen) atoms. The molecule has 0 aliphatic heterocycles. The van der Waals surface area contributed by atoms with Crippen LogP contribution in [-0.4, -0.2) is 5.17 Å². The van der Waals surface area contributed by atoms with Crippen molar-refractivity contribution < 1.29 is 0 Å². The van der Waals surface area contributed by atoms with E-state index in [4.69, 9.17) is 17.3 Å². The fourth-order valence-corrected chi connectivity index (χ4v) is 1.92.